The SMILES string of the molecule is O=C(O)OC1=C(Sc2ccc3c(c2)OCCO3)c2ccccc2S(=O)(=O)N1Cc1ccc2c(c1)OCO2. The largest absolute Gasteiger partial charge is 0.512 e. The first-order valence-electron chi connectivity index (χ1n) is 11.1. The normalized spacial score (nSPS) is 16.8. The molecule has 3 aliphatic rings. The molecule has 0 amide bonds. The van der Waals surface area contributed by atoms with Gasteiger partial charge in [0, 0.05) is 10.5 Å². The minimum absolute atomic E-state index is 0.0357. The molecule has 0 bridgehead atoms. The summed E-state index contributed by atoms with van der Waals surface area (Å²) in [6.07, 6.45) is -1.64. The van der Waals surface area contributed by atoms with Gasteiger partial charge in [0.25, 0.3) is 10.0 Å². The van der Waals surface area contributed by atoms with Crippen molar-refractivity contribution < 1.29 is 42.0 Å². The third-order valence-electron chi connectivity index (χ3n) is 5.80. The van der Waals surface area contributed by atoms with Crippen LogP contribution >= 0.6 is 11.8 Å². The Morgan fingerprint density at radius 3 is 2.46 bits per heavy atom. The first-order chi connectivity index (χ1) is 17.9. The molecule has 3 aliphatic heterocycles. The highest BCUT2D eigenvalue weighted by Gasteiger charge is 2.40. The van der Waals surface area contributed by atoms with Crippen molar-refractivity contribution in [1.29, 1.82) is 0 Å². The van der Waals surface area contributed by atoms with Gasteiger partial charge in [0.1, 0.15) is 13.2 Å². The van der Waals surface area contributed by atoms with E-state index in [1.807, 2.05) is 0 Å². The molecule has 0 spiro atoms. The highest BCUT2D eigenvalue weighted by Crippen LogP contribution is 2.48. The number of thioether (sulfide) groups is 1. The first kappa shape index (κ1) is 23.4. The van der Waals surface area contributed by atoms with Gasteiger partial charge in [-0.25, -0.2) is 17.5 Å². The summed E-state index contributed by atoms with van der Waals surface area (Å²) >= 11 is 1.17. The smallest absolute Gasteiger partial charge is 0.486 e. The van der Waals surface area contributed by atoms with E-state index in [1.54, 1.807) is 54.6 Å². The molecule has 3 aromatic rings. The van der Waals surface area contributed by atoms with Crippen molar-refractivity contribution in [3.05, 3.63) is 77.7 Å². The number of carboxylic acid groups (broad SMARTS) is 1. The summed E-state index contributed by atoms with van der Waals surface area (Å²) in [7, 11) is -4.17. The fraction of sp³-hybridized carbons (Fsp3) is 0.160. The second-order valence-corrected chi connectivity index (χ2v) is 11.0. The van der Waals surface area contributed by atoms with E-state index in [9.17, 15) is 18.3 Å². The van der Waals surface area contributed by atoms with E-state index in [1.165, 1.54) is 17.8 Å². The maximum Gasteiger partial charge on any atom is 0.512 e. The van der Waals surface area contributed by atoms with Gasteiger partial charge in [-0.15, -0.1) is 0 Å². The van der Waals surface area contributed by atoms with Gasteiger partial charge in [0.15, 0.2) is 23.0 Å². The molecule has 12 heteroatoms. The Bertz CT molecular complexity index is 1550. The molecule has 190 valence electrons. The second kappa shape index (κ2) is 9.12. The van der Waals surface area contributed by atoms with Crippen LogP contribution in [0.3, 0.4) is 0 Å². The topological polar surface area (TPSA) is 121 Å². The average Bonchev–Trinajstić information content (AvgIpc) is 3.36. The van der Waals surface area contributed by atoms with E-state index >= 15 is 0 Å². The molecule has 6 rings (SSSR count). The number of rotatable bonds is 5. The lowest BCUT2D eigenvalue weighted by atomic mass is 10.2. The minimum atomic E-state index is -4.17. The molecule has 0 saturated heterocycles. The molecule has 0 aromatic heterocycles. The van der Waals surface area contributed by atoms with Crippen molar-refractivity contribution in [1.82, 2.24) is 4.31 Å². The second-order valence-electron chi connectivity index (χ2n) is 8.11. The fourth-order valence-electron chi connectivity index (χ4n) is 4.18. The molecule has 0 unspecified atom stereocenters. The van der Waals surface area contributed by atoms with E-state index in [-0.39, 0.29) is 24.1 Å². The predicted molar refractivity (Wildman–Crippen MR) is 131 cm³/mol. The van der Waals surface area contributed by atoms with Gasteiger partial charge in [0.2, 0.25) is 12.7 Å². The molecule has 3 aromatic carbocycles. The molecule has 0 radical (unpaired) electrons. The van der Waals surface area contributed by atoms with Crippen LogP contribution in [0.1, 0.15) is 11.1 Å². The van der Waals surface area contributed by atoms with Crippen LogP contribution in [0.4, 0.5) is 4.79 Å². The Labute approximate surface area is 216 Å². The molecule has 0 fully saturated rings. The van der Waals surface area contributed by atoms with Crippen LogP contribution in [0.2, 0.25) is 0 Å². The van der Waals surface area contributed by atoms with Gasteiger partial charge in [-0.2, -0.15) is 0 Å². The lowest BCUT2D eigenvalue weighted by molar-refractivity contribution is 0.101. The number of benzene rings is 3. The van der Waals surface area contributed by atoms with E-state index in [0.29, 0.717) is 57.1 Å². The third-order valence-corrected chi connectivity index (χ3v) is 8.68. The summed E-state index contributed by atoms with van der Waals surface area (Å²) < 4.78 is 55.6. The van der Waals surface area contributed by atoms with Crippen LogP contribution in [-0.4, -0.2) is 44.0 Å². The van der Waals surface area contributed by atoms with Gasteiger partial charge in [0.05, 0.1) is 16.3 Å². The maximum atomic E-state index is 13.7. The van der Waals surface area contributed by atoms with Gasteiger partial charge in [-0.1, -0.05) is 36.0 Å². The van der Waals surface area contributed by atoms with Crippen molar-refractivity contribution in [2.75, 3.05) is 20.0 Å². The van der Waals surface area contributed by atoms with Crippen molar-refractivity contribution in [2.45, 2.75) is 16.3 Å². The average molecular weight is 542 g/mol. The fourth-order valence-corrected chi connectivity index (χ4v) is 6.97. The molecule has 37 heavy (non-hydrogen) atoms. The first-order valence-corrected chi connectivity index (χ1v) is 13.4. The monoisotopic (exact) mass is 541 g/mol. The van der Waals surface area contributed by atoms with E-state index in [0.717, 1.165) is 4.31 Å². The number of hydrogen-bond acceptors (Lipinski definition) is 9. The Balaban J connectivity index is 1.48. The predicted octanol–water partition coefficient (Wildman–Crippen LogP) is 4.50. The Morgan fingerprint density at radius 1 is 0.919 bits per heavy atom. The zero-order valence-corrected chi connectivity index (χ0v) is 20.7. The molecule has 0 saturated carbocycles. The van der Waals surface area contributed by atoms with Crippen LogP contribution < -0.4 is 18.9 Å². The van der Waals surface area contributed by atoms with Gasteiger partial charge >= 0.3 is 6.16 Å². The van der Waals surface area contributed by atoms with E-state index in [4.69, 9.17) is 23.7 Å². The molecule has 3 heterocycles. The van der Waals surface area contributed by atoms with Gasteiger partial charge in [-0.05, 0) is 42.0 Å². The van der Waals surface area contributed by atoms with Crippen molar-refractivity contribution in [3.63, 3.8) is 0 Å². The number of nitrogens with zero attached hydrogens (tertiary/aromatic N) is 1. The standard InChI is InChI=1S/C25H19NO9S2/c27-25(28)35-24-23(36-16-6-8-18-21(12-16)32-10-9-31-18)17-3-1-2-4-22(17)37(29,30)26(24)13-15-5-7-19-20(11-15)34-14-33-19/h1-8,11-12H,9-10,13-14H2,(H,27,28). The summed E-state index contributed by atoms with van der Waals surface area (Å²) in [4.78, 5) is 12.8. The Hall–Kier alpha value is -4.03. The number of fused-ring (bicyclic) bond motifs is 3. The van der Waals surface area contributed by atoms with Gasteiger partial charge < -0.3 is 28.8 Å². The zero-order chi connectivity index (χ0) is 25.6. The van der Waals surface area contributed by atoms with E-state index in [2.05, 4.69) is 0 Å². The molecular weight excluding hydrogens is 522 g/mol. The summed E-state index contributed by atoms with van der Waals surface area (Å²) in [6.45, 7) is 0.724. The van der Waals surface area contributed by atoms with E-state index < -0.39 is 16.2 Å². The summed E-state index contributed by atoms with van der Waals surface area (Å²) in [5.74, 6) is 1.85. The third kappa shape index (κ3) is 4.27. The molecular formula is C25H19NO9S2. The molecule has 0 aliphatic carbocycles. The highest BCUT2D eigenvalue weighted by atomic mass is 32.2. The maximum absolute atomic E-state index is 13.7. The van der Waals surface area contributed by atoms with Crippen LogP contribution in [-0.2, 0) is 21.3 Å². The zero-order valence-electron chi connectivity index (χ0n) is 19.1. The van der Waals surface area contributed by atoms with Crippen LogP contribution in [0.25, 0.3) is 4.91 Å². The number of sulfonamides is 1. The van der Waals surface area contributed by atoms with Crippen molar-refractivity contribution >= 4 is 32.8 Å². The number of carbonyl (C=O) groups is 1. The lowest BCUT2D eigenvalue weighted by Gasteiger charge is -2.32. The van der Waals surface area contributed by atoms with Crippen LogP contribution in [0.15, 0.2) is 76.3 Å². The van der Waals surface area contributed by atoms with Crippen LogP contribution in [0.5, 0.6) is 23.0 Å². The summed E-state index contributed by atoms with van der Waals surface area (Å²) in [5.41, 5.74) is 0.892. The molecule has 10 nitrogen and oxygen atoms in total. The number of ether oxygens (including phenoxy) is 5. The quantitative estimate of drug-likeness (QED) is 0.462. The summed E-state index contributed by atoms with van der Waals surface area (Å²) in [6, 6.07) is 16.7. The molecule has 1 N–H and O–H groups in total. The lowest BCUT2D eigenvalue weighted by Crippen LogP contribution is -2.35. The highest BCUT2D eigenvalue weighted by molar-refractivity contribution is 8.08. The minimum Gasteiger partial charge on any atom is -0.486 e. The number of hydrogen-bond donors (Lipinski definition) is 1. The Kier molecular flexibility index (Phi) is 5.76. The van der Waals surface area contributed by atoms with Crippen molar-refractivity contribution in [3.8, 4) is 23.0 Å². The summed E-state index contributed by atoms with van der Waals surface area (Å²) in [5, 5.41) is 9.58. The Morgan fingerprint density at radius 2 is 1.62 bits per heavy atom. The van der Waals surface area contributed by atoms with Crippen LogP contribution in [0, 0.1) is 0 Å². The van der Waals surface area contributed by atoms with Crippen molar-refractivity contribution in [2.24, 2.45) is 0 Å². The van der Waals surface area contributed by atoms with Gasteiger partial charge in [-0.3, -0.25) is 0 Å². The molecule has 0 atom stereocenters.